The molecule has 0 aromatic heterocycles. The van der Waals surface area contributed by atoms with Crippen LogP contribution in [-0.2, 0) is 26.2 Å². The minimum atomic E-state index is -3.57. The van der Waals surface area contributed by atoms with Crippen LogP contribution in [0.4, 0.5) is 10.1 Å². The Morgan fingerprint density at radius 1 is 1.06 bits per heavy atom. The number of hydrogen-bond acceptors (Lipinski definition) is 4. The normalized spacial score (nSPS) is 12.7. The van der Waals surface area contributed by atoms with E-state index < -0.39 is 27.4 Å². The van der Waals surface area contributed by atoms with Gasteiger partial charge in [0, 0.05) is 30.6 Å². The van der Waals surface area contributed by atoms with Crippen LogP contribution in [0.3, 0.4) is 0 Å². The van der Waals surface area contributed by atoms with Crippen LogP contribution in [0.1, 0.15) is 51.7 Å². The van der Waals surface area contributed by atoms with Crippen LogP contribution in [0.25, 0.3) is 0 Å². The number of nitrogens with zero attached hydrogens (tertiary/aromatic N) is 2. The van der Waals surface area contributed by atoms with Gasteiger partial charge in [0.15, 0.2) is 0 Å². The first kappa shape index (κ1) is 28.3. The topological polar surface area (TPSA) is 86.8 Å². The minimum absolute atomic E-state index is 0.000504. The molecule has 0 unspecified atom stereocenters. The van der Waals surface area contributed by atoms with Crippen LogP contribution in [0.5, 0.6) is 0 Å². The van der Waals surface area contributed by atoms with Gasteiger partial charge >= 0.3 is 0 Å². The fraction of sp³-hybridized carbons (Fsp3) is 0.462. The van der Waals surface area contributed by atoms with Crippen molar-refractivity contribution in [2.24, 2.45) is 0 Å². The molecule has 0 heterocycles. The summed E-state index contributed by atoms with van der Waals surface area (Å²) in [5.74, 6) is -1.17. The Labute approximate surface area is 208 Å². The number of nitrogens with one attached hydrogen (secondary N) is 1. The first-order valence-corrected chi connectivity index (χ1v) is 13.4. The molecule has 2 amide bonds. The van der Waals surface area contributed by atoms with Crippen molar-refractivity contribution in [3.05, 3.63) is 65.5 Å². The van der Waals surface area contributed by atoms with E-state index in [4.69, 9.17) is 0 Å². The van der Waals surface area contributed by atoms with Crippen molar-refractivity contribution < 1.29 is 22.4 Å². The first-order chi connectivity index (χ1) is 16.2. The number of aryl methyl sites for hydroxylation is 1. The maximum atomic E-state index is 14.4. The fourth-order valence-corrected chi connectivity index (χ4v) is 4.72. The van der Waals surface area contributed by atoms with Crippen molar-refractivity contribution in [2.45, 2.75) is 65.6 Å². The second kappa shape index (κ2) is 11.7. The summed E-state index contributed by atoms with van der Waals surface area (Å²) in [5, 5.41) is 2.86. The monoisotopic (exact) mass is 505 g/mol. The zero-order valence-corrected chi connectivity index (χ0v) is 22.2. The summed E-state index contributed by atoms with van der Waals surface area (Å²) < 4.78 is 40.5. The smallest absolute Gasteiger partial charge is 0.242 e. The second-order valence-corrected chi connectivity index (χ2v) is 11.7. The average molecular weight is 506 g/mol. The van der Waals surface area contributed by atoms with Crippen LogP contribution in [0, 0.1) is 12.7 Å². The molecule has 0 saturated heterocycles. The number of benzene rings is 2. The summed E-state index contributed by atoms with van der Waals surface area (Å²) in [6.45, 7) is 8.98. The molecule has 1 atom stereocenters. The van der Waals surface area contributed by atoms with E-state index in [2.05, 4.69) is 5.32 Å². The Morgan fingerprint density at radius 3 is 2.23 bits per heavy atom. The number of rotatable bonds is 10. The lowest BCUT2D eigenvalue weighted by Crippen LogP contribution is -2.52. The molecular formula is C26H36FN3O4S. The van der Waals surface area contributed by atoms with E-state index in [0.29, 0.717) is 11.3 Å². The Hall–Kier alpha value is -2.94. The molecular weight excluding hydrogens is 469 g/mol. The second-order valence-electron chi connectivity index (χ2n) is 9.75. The highest BCUT2D eigenvalue weighted by atomic mass is 32.2. The van der Waals surface area contributed by atoms with E-state index in [1.807, 2.05) is 39.8 Å². The van der Waals surface area contributed by atoms with E-state index in [-0.39, 0.29) is 37.7 Å². The number of halogens is 1. The third-order valence-corrected chi connectivity index (χ3v) is 6.68. The van der Waals surface area contributed by atoms with Gasteiger partial charge in [0.2, 0.25) is 21.8 Å². The van der Waals surface area contributed by atoms with Crippen LogP contribution < -0.4 is 9.62 Å². The Balaban J connectivity index is 2.21. The van der Waals surface area contributed by atoms with E-state index in [9.17, 15) is 22.4 Å². The quantitative estimate of drug-likeness (QED) is 0.529. The number of sulfonamides is 1. The third kappa shape index (κ3) is 8.35. The zero-order chi connectivity index (χ0) is 26.4. The van der Waals surface area contributed by atoms with E-state index >= 15 is 0 Å². The number of carbonyl (C=O) groups is 2. The van der Waals surface area contributed by atoms with E-state index in [0.717, 1.165) is 11.8 Å². The van der Waals surface area contributed by atoms with Gasteiger partial charge in [0.05, 0.1) is 11.9 Å². The van der Waals surface area contributed by atoms with Crippen molar-refractivity contribution in [1.82, 2.24) is 10.2 Å². The number of carbonyl (C=O) groups excluding carboxylic acids is 2. The lowest BCUT2D eigenvalue weighted by atomic mass is 10.1. The third-order valence-electron chi connectivity index (χ3n) is 5.50. The number of para-hydroxylation sites is 1. The van der Waals surface area contributed by atoms with Gasteiger partial charge in [-0.3, -0.25) is 13.9 Å². The van der Waals surface area contributed by atoms with Gasteiger partial charge in [0.1, 0.15) is 11.9 Å². The van der Waals surface area contributed by atoms with Gasteiger partial charge in [-0.05, 0) is 58.7 Å². The molecule has 0 aliphatic heterocycles. The SMILES string of the molecule is Cc1ccccc1N(CCCC(=O)N(Cc1ccccc1F)[C@H](C)C(=O)NC(C)(C)C)S(C)(=O)=O. The molecule has 0 saturated carbocycles. The van der Waals surface area contributed by atoms with Crippen LogP contribution in [0.2, 0.25) is 0 Å². The summed E-state index contributed by atoms with van der Waals surface area (Å²) in [7, 11) is -3.57. The van der Waals surface area contributed by atoms with E-state index in [1.54, 1.807) is 37.3 Å². The van der Waals surface area contributed by atoms with Crippen LogP contribution in [-0.4, -0.2) is 49.5 Å². The van der Waals surface area contributed by atoms with E-state index in [1.165, 1.54) is 15.3 Å². The van der Waals surface area contributed by atoms with Gasteiger partial charge in [-0.2, -0.15) is 0 Å². The lowest BCUT2D eigenvalue weighted by Gasteiger charge is -2.32. The molecule has 7 nitrogen and oxygen atoms in total. The maximum Gasteiger partial charge on any atom is 0.242 e. The molecule has 1 N–H and O–H groups in total. The Kier molecular flexibility index (Phi) is 9.43. The number of amides is 2. The average Bonchev–Trinajstić information content (AvgIpc) is 2.74. The highest BCUT2D eigenvalue weighted by Gasteiger charge is 2.29. The van der Waals surface area contributed by atoms with Crippen molar-refractivity contribution in [1.29, 1.82) is 0 Å². The minimum Gasteiger partial charge on any atom is -0.350 e. The molecule has 0 aliphatic rings. The Bertz CT molecular complexity index is 1150. The number of hydrogen-bond donors (Lipinski definition) is 1. The number of anilines is 1. The highest BCUT2D eigenvalue weighted by Crippen LogP contribution is 2.23. The zero-order valence-electron chi connectivity index (χ0n) is 21.3. The summed E-state index contributed by atoms with van der Waals surface area (Å²) in [6.07, 6.45) is 1.37. The highest BCUT2D eigenvalue weighted by molar-refractivity contribution is 7.92. The molecule has 0 bridgehead atoms. The summed E-state index contributed by atoms with van der Waals surface area (Å²) in [6, 6.07) is 12.4. The summed E-state index contributed by atoms with van der Waals surface area (Å²) in [4.78, 5) is 27.4. The molecule has 192 valence electrons. The van der Waals surface area contributed by atoms with Crippen molar-refractivity contribution in [3.8, 4) is 0 Å². The molecule has 2 aromatic carbocycles. The molecule has 2 aromatic rings. The summed E-state index contributed by atoms with van der Waals surface area (Å²) >= 11 is 0. The van der Waals surface area contributed by atoms with Gasteiger partial charge < -0.3 is 10.2 Å². The molecule has 0 radical (unpaired) electrons. The molecule has 0 aliphatic carbocycles. The molecule has 35 heavy (non-hydrogen) atoms. The van der Waals surface area contributed by atoms with Gasteiger partial charge in [-0.15, -0.1) is 0 Å². The molecule has 2 rings (SSSR count). The molecule has 9 heteroatoms. The standard InChI is InChI=1S/C26H36FN3O4S/c1-19-12-7-10-15-23(19)30(35(6,33)34)17-11-16-24(31)29(18-21-13-8-9-14-22(21)27)20(2)25(32)28-26(3,4)5/h7-10,12-15,20H,11,16-18H2,1-6H3,(H,28,32)/t20-/m1/s1. The largest absolute Gasteiger partial charge is 0.350 e. The van der Waals surface area contributed by atoms with Gasteiger partial charge in [-0.25, -0.2) is 12.8 Å². The van der Waals surface area contributed by atoms with Crippen molar-refractivity contribution >= 4 is 27.5 Å². The lowest BCUT2D eigenvalue weighted by molar-refractivity contribution is -0.141. The van der Waals surface area contributed by atoms with Crippen molar-refractivity contribution in [3.63, 3.8) is 0 Å². The predicted molar refractivity (Wildman–Crippen MR) is 137 cm³/mol. The van der Waals surface area contributed by atoms with Crippen LogP contribution in [0.15, 0.2) is 48.5 Å². The van der Waals surface area contributed by atoms with Gasteiger partial charge in [0.25, 0.3) is 0 Å². The molecule has 0 spiro atoms. The first-order valence-electron chi connectivity index (χ1n) is 11.6. The van der Waals surface area contributed by atoms with Gasteiger partial charge in [-0.1, -0.05) is 36.4 Å². The fourth-order valence-electron chi connectivity index (χ4n) is 3.69. The summed E-state index contributed by atoms with van der Waals surface area (Å²) in [5.41, 5.74) is 1.16. The predicted octanol–water partition coefficient (Wildman–Crippen LogP) is 4.01. The van der Waals surface area contributed by atoms with Crippen LogP contribution >= 0.6 is 0 Å². The maximum absolute atomic E-state index is 14.4. The molecule has 0 fully saturated rings. The Morgan fingerprint density at radius 2 is 1.66 bits per heavy atom. The van der Waals surface area contributed by atoms with Crippen molar-refractivity contribution in [2.75, 3.05) is 17.1 Å².